The summed E-state index contributed by atoms with van der Waals surface area (Å²) in [6, 6.07) is 22.8. The molecule has 2 saturated heterocycles. The van der Waals surface area contributed by atoms with Gasteiger partial charge in [-0.1, -0.05) is 60.7 Å². The number of tetrazole rings is 1. The summed E-state index contributed by atoms with van der Waals surface area (Å²) in [5.74, 6) is -2.51. The second-order valence-corrected chi connectivity index (χ2v) is 13.7. The molecule has 1 amide bonds. The standard InChI is InChI=1S/C38H37F3N12O5/c1-2-53-49-32(48-50-53)30-29(58-36(56)38(39,40)41)28(54)35(57-30)52-21-44-27-31(43-19-26(22-9-5-3-6-10-22)23-11-7-4-8-12-23)46-37(47-33(27)52)51-18-15-25(20-51)45-34(55)24-13-16-42-17-14-24/h3-14,16-17,21,25-26,28-30,35,54H,2,15,18-20H2,1H3,(H,45,55)(H,43,46,47)/t25-,28-,29+,30+,35-/m1/s1. The zero-order chi connectivity index (χ0) is 40.4. The molecule has 0 radical (unpaired) electrons. The summed E-state index contributed by atoms with van der Waals surface area (Å²) in [6.45, 7) is 3.19. The van der Waals surface area contributed by atoms with Crippen molar-refractivity contribution in [3.8, 4) is 0 Å². The number of aliphatic hydroxyl groups excluding tert-OH is 1. The van der Waals surface area contributed by atoms with Crippen molar-refractivity contribution in [2.45, 2.75) is 62.6 Å². The summed E-state index contributed by atoms with van der Waals surface area (Å²) < 4.78 is 52.6. The van der Waals surface area contributed by atoms with Gasteiger partial charge in [0.1, 0.15) is 6.10 Å². The maximum Gasteiger partial charge on any atom is 0.490 e. The molecule has 5 atom stereocenters. The highest BCUT2D eigenvalue weighted by atomic mass is 19.4. The zero-order valence-corrected chi connectivity index (χ0v) is 30.8. The van der Waals surface area contributed by atoms with E-state index in [-0.39, 0.29) is 47.3 Å². The molecule has 20 heteroatoms. The highest BCUT2D eigenvalue weighted by Gasteiger charge is 2.53. The molecule has 2 aliphatic rings. The van der Waals surface area contributed by atoms with Crippen molar-refractivity contribution in [1.82, 2.24) is 50.0 Å². The first kappa shape index (κ1) is 38.3. The number of alkyl halides is 3. The fourth-order valence-corrected chi connectivity index (χ4v) is 7.10. The number of amides is 1. The lowest BCUT2D eigenvalue weighted by molar-refractivity contribution is -0.210. The van der Waals surface area contributed by atoms with E-state index in [1.807, 2.05) is 65.6 Å². The van der Waals surface area contributed by atoms with Gasteiger partial charge in [-0.15, -0.1) is 10.2 Å². The molecular weight excluding hydrogens is 761 g/mol. The van der Waals surface area contributed by atoms with Crippen LogP contribution < -0.4 is 15.5 Å². The fourth-order valence-electron chi connectivity index (χ4n) is 7.10. The summed E-state index contributed by atoms with van der Waals surface area (Å²) in [4.78, 5) is 46.4. The molecule has 0 bridgehead atoms. The molecule has 3 N–H and O–H groups in total. The number of aryl methyl sites for hydroxylation is 1. The van der Waals surface area contributed by atoms with E-state index in [1.54, 1.807) is 19.1 Å². The normalized spacial score (nSPS) is 20.8. The molecule has 58 heavy (non-hydrogen) atoms. The number of benzene rings is 2. The van der Waals surface area contributed by atoms with Gasteiger partial charge in [0.05, 0.1) is 12.9 Å². The predicted octanol–water partition coefficient (Wildman–Crippen LogP) is 3.59. The minimum absolute atomic E-state index is 0.119. The number of esters is 1. The number of fused-ring (bicyclic) bond motifs is 1. The van der Waals surface area contributed by atoms with Crippen LogP contribution in [0, 0.1) is 0 Å². The number of pyridine rings is 1. The largest absolute Gasteiger partial charge is 0.490 e. The number of hydrogen-bond donors (Lipinski definition) is 3. The van der Waals surface area contributed by atoms with E-state index in [0.29, 0.717) is 37.4 Å². The second kappa shape index (κ2) is 16.1. The number of nitrogens with one attached hydrogen (secondary N) is 2. The van der Waals surface area contributed by atoms with Gasteiger partial charge >= 0.3 is 12.1 Å². The van der Waals surface area contributed by atoms with Crippen LogP contribution in [0.2, 0.25) is 0 Å². The summed E-state index contributed by atoms with van der Waals surface area (Å²) in [5.41, 5.74) is 2.98. The number of nitrogens with zero attached hydrogens (tertiary/aromatic N) is 10. The van der Waals surface area contributed by atoms with Crippen LogP contribution in [-0.2, 0) is 20.8 Å². The number of anilines is 2. The van der Waals surface area contributed by atoms with Gasteiger partial charge in [0, 0.05) is 49.6 Å². The van der Waals surface area contributed by atoms with E-state index in [9.17, 15) is 27.9 Å². The van der Waals surface area contributed by atoms with Gasteiger partial charge in [-0.05, 0) is 41.8 Å². The zero-order valence-electron chi connectivity index (χ0n) is 30.8. The molecular formula is C38H37F3N12O5. The van der Waals surface area contributed by atoms with Crippen LogP contribution in [-0.4, -0.2) is 106 Å². The van der Waals surface area contributed by atoms with E-state index in [0.717, 1.165) is 11.1 Å². The summed E-state index contributed by atoms with van der Waals surface area (Å²) in [5, 5.41) is 30.0. The molecule has 6 heterocycles. The van der Waals surface area contributed by atoms with Crippen LogP contribution in [0.3, 0.4) is 0 Å². The Labute approximate surface area is 328 Å². The highest BCUT2D eigenvalue weighted by molar-refractivity contribution is 5.94. The minimum atomic E-state index is -5.36. The van der Waals surface area contributed by atoms with Gasteiger partial charge < -0.3 is 30.1 Å². The third-order valence-corrected chi connectivity index (χ3v) is 10.0. The number of imidazole rings is 1. The van der Waals surface area contributed by atoms with Gasteiger partial charge in [-0.25, -0.2) is 9.78 Å². The topological polar surface area (TPSA) is 200 Å². The molecule has 8 rings (SSSR count). The first-order valence-corrected chi connectivity index (χ1v) is 18.5. The Morgan fingerprint density at radius 1 is 1.02 bits per heavy atom. The number of aromatic nitrogens is 9. The van der Waals surface area contributed by atoms with Crippen LogP contribution >= 0.6 is 0 Å². The minimum Gasteiger partial charge on any atom is -0.449 e. The number of aliphatic hydroxyl groups is 1. The Kier molecular flexibility index (Phi) is 10.7. The van der Waals surface area contributed by atoms with Gasteiger partial charge in [0.25, 0.3) is 5.91 Å². The Morgan fingerprint density at radius 3 is 2.38 bits per heavy atom. The van der Waals surface area contributed by atoms with E-state index in [1.165, 1.54) is 28.1 Å². The molecule has 4 aromatic heterocycles. The van der Waals surface area contributed by atoms with E-state index < -0.39 is 36.7 Å². The first-order valence-electron chi connectivity index (χ1n) is 18.5. The highest BCUT2D eigenvalue weighted by Crippen LogP contribution is 2.42. The van der Waals surface area contributed by atoms with Crippen molar-refractivity contribution >= 4 is 34.8 Å². The number of rotatable bonds is 12. The van der Waals surface area contributed by atoms with Gasteiger partial charge in [-0.2, -0.15) is 27.9 Å². The third kappa shape index (κ3) is 7.87. The van der Waals surface area contributed by atoms with Crippen LogP contribution in [0.1, 0.15) is 58.9 Å². The number of carbonyl (C=O) groups excluding carboxylic acids is 2. The van der Waals surface area contributed by atoms with Crippen LogP contribution in [0.4, 0.5) is 24.9 Å². The van der Waals surface area contributed by atoms with Gasteiger partial charge in [-0.3, -0.25) is 14.3 Å². The Morgan fingerprint density at radius 2 is 1.72 bits per heavy atom. The number of carbonyl (C=O) groups is 2. The summed E-state index contributed by atoms with van der Waals surface area (Å²) in [6.07, 6.45) is -7.14. The SMILES string of the molecule is CCn1nnc([C@H]2O[C@@H](n3cnc4c(NCC(c5ccccc5)c5ccccc5)nc(N5CC[C@@H](NC(=O)c6ccncc6)C5)nc43)[C@H](O)[C@@H]2OC(=O)C(F)(F)F)n1. The van der Waals surface area contributed by atoms with Crippen molar-refractivity contribution in [2.75, 3.05) is 29.9 Å². The maximum atomic E-state index is 13.4. The molecule has 17 nitrogen and oxygen atoms in total. The number of halogens is 3. The van der Waals surface area contributed by atoms with Crippen molar-refractivity contribution in [2.24, 2.45) is 0 Å². The smallest absolute Gasteiger partial charge is 0.449 e. The third-order valence-electron chi connectivity index (χ3n) is 10.0. The summed E-state index contributed by atoms with van der Waals surface area (Å²) in [7, 11) is 0. The Balaban J connectivity index is 1.15. The average molecular weight is 799 g/mol. The predicted molar refractivity (Wildman–Crippen MR) is 199 cm³/mol. The van der Waals surface area contributed by atoms with Gasteiger partial charge in [0.2, 0.25) is 11.8 Å². The first-order chi connectivity index (χ1) is 28.1. The summed E-state index contributed by atoms with van der Waals surface area (Å²) >= 11 is 0. The van der Waals surface area contributed by atoms with E-state index >= 15 is 0 Å². The molecule has 300 valence electrons. The van der Waals surface area contributed by atoms with Crippen molar-refractivity contribution in [1.29, 1.82) is 0 Å². The second-order valence-electron chi connectivity index (χ2n) is 13.7. The molecule has 2 aliphatic heterocycles. The Bertz CT molecular complexity index is 2330. The number of hydrogen-bond acceptors (Lipinski definition) is 14. The maximum absolute atomic E-state index is 13.4. The van der Waals surface area contributed by atoms with E-state index in [2.05, 4.69) is 36.0 Å². The lowest BCUT2D eigenvalue weighted by Gasteiger charge is -2.22. The van der Waals surface area contributed by atoms with Crippen LogP contribution in [0.25, 0.3) is 11.2 Å². The quantitative estimate of drug-likeness (QED) is 0.152. The molecule has 0 saturated carbocycles. The Hall–Kier alpha value is -6.54. The van der Waals surface area contributed by atoms with Crippen LogP contribution in [0.5, 0.6) is 0 Å². The fraction of sp³-hybridized carbons (Fsp3) is 0.342. The molecule has 6 aromatic rings. The molecule has 0 aliphatic carbocycles. The molecule has 2 aromatic carbocycles. The molecule has 0 spiro atoms. The monoisotopic (exact) mass is 798 g/mol. The average Bonchev–Trinajstić information content (AvgIpc) is 4.06. The van der Waals surface area contributed by atoms with Crippen molar-refractivity contribution in [3.05, 3.63) is 114 Å². The molecule has 0 unspecified atom stereocenters. The van der Waals surface area contributed by atoms with Crippen LogP contribution in [0.15, 0.2) is 91.5 Å². The van der Waals surface area contributed by atoms with Gasteiger partial charge in [0.15, 0.2) is 35.4 Å². The molecule has 2 fully saturated rings. The van der Waals surface area contributed by atoms with E-state index in [4.69, 9.17) is 19.4 Å². The lowest BCUT2D eigenvalue weighted by Crippen LogP contribution is -2.38. The van der Waals surface area contributed by atoms with Crippen molar-refractivity contribution < 1.29 is 37.3 Å². The lowest BCUT2D eigenvalue weighted by atomic mass is 9.91. The number of ether oxygens (including phenoxy) is 2. The van der Waals surface area contributed by atoms with Crippen molar-refractivity contribution in [3.63, 3.8) is 0 Å².